The Morgan fingerprint density at radius 1 is 1.25 bits per heavy atom. The number of aliphatic carboxylic acids is 1. The van der Waals surface area contributed by atoms with Crippen molar-refractivity contribution in [3.63, 3.8) is 0 Å². The molecule has 110 valence electrons. The average molecular weight is 278 g/mol. The maximum atomic E-state index is 11.8. The number of hydrogen-bond donors (Lipinski definition) is 3. The maximum absolute atomic E-state index is 11.8. The van der Waals surface area contributed by atoms with Crippen molar-refractivity contribution in [2.75, 3.05) is 5.73 Å². The molecule has 1 rings (SSSR count). The number of anilines is 1. The average Bonchev–Trinajstić information content (AvgIpc) is 2.33. The molecule has 5 heteroatoms. The highest BCUT2D eigenvalue weighted by molar-refractivity contribution is 5.84. The van der Waals surface area contributed by atoms with Gasteiger partial charge in [-0.2, -0.15) is 0 Å². The van der Waals surface area contributed by atoms with E-state index in [1.54, 1.807) is 32.9 Å². The fraction of sp³-hybridized carbons (Fsp3) is 0.467. The molecule has 0 saturated heterocycles. The Morgan fingerprint density at radius 2 is 1.80 bits per heavy atom. The summed E-state index contributed by atoms with van der Waals surface area (Å²) in [6.07, 6.45) is 0.812. The Balaban J connectivity index is 2.54. The second-order valence-corrected chi connectivity index (χ2v) is 5.95. The van der Waals surface area contributed by atoms with E-state index in [0.29, 0.717) is 12.1 Å². The van der Waals surface area contributed by atoms with Crippen LogP contribution < -0.4 is 11.1 Å². The van der Waals surface area contributed by atoms with Gasteiger partial charge in [0.25, 0.3) is 0 Å². The Morgan fingerprint density at radius 3 is 2.25 bits per heavy atom. The lowest BCUT2D eigenvalue weighted by atomic mass is 9.86. The van der Waals surface area contributed by atoms with Crippen molar-refractivity contribution in [1.82, 2.24) is 5.32 Å². The van der Waals surface area contributed by atoms with Crippen molar-refractivity contribution >= 4 is 17.6 Å². The van der Waals surface area contributed by atoms with Gasteiger partial charge in [0.2, 0.25) is 5.91 Å². The summed E-state index contributed by atoms with van der Waals surface area (Å²) in [6.45, 7) is 5.35. The predicted octanol–water partition coefficient (Wildman–Crippen LogP) is 1.82. The zero-order chi connectivity index (χ0) is 15.3. The summed E-state index contributed by atoms with van der Waals surface area (Å²) in [6, 6.07) is 6.40. The molecule has 0 fully saturated rings. The first-order valence-electron chi connectivity index (χ1n) is 6.57. The number of nitrogen functional groups attached to an aromatic ring is 1. The first-order valence-corrected chi connectivity index (χ1v) is 6.57. The van der Waals surface area contributed by atoms with Crippen LogP contribution in [0.15, 0.2) is 24.3 Å². The van der Waals surface area contributed by atoms with Crippen LogP contribution in [0.4, 0.5) is 5.69 Å². The van der Waals surface area contributed by atoms with Gasteiger partial charge in [0, 0.05) is 12.1 Å². The molecule has 0 heterocycles. The molecule has 0 aliphatic heterocycles. The van der Waals surface area contributed by atoms with E-state index in [1.807, 2.05) is 12.1 Å². The number of benzene rings is 1. The molecule has 5 nitrogen and oxygen atoms in total. The molecule has 0 aromatic heterocycles. The molecular formula is C15H22N2O3. The van der Waals surface area contributed by atoms with Gasteiger partial charge in [-0.25, -0.2) is 4.79 Å². The quantitative estimate of drug-likeness (QED) is 0.716. The number of rotatable bonds is 5. The number of amides is 1. The van der Waals surface area contributed by atoms with Gasteiger partial charge >= 0.3 is 5.97 Å². The zero-order valence-electron chi connectivity index (χ0n) is 12.1. The zero-order valence-corrected chi connectivity index (χ0v) is 12.1. The number of nitrogens with one attached hydrogen (secondary N) is 1. The number of carboxylic acids is 1. The van der Waals surface area contributed by atoms with Gasteiger partial charge in [0.1, 0.15) is 6.04 Å². The molecular weight excluding hydrogens is 256 g/mol. The van der Waals surface area contributed by atoms with Crippen LogP contribution in [0.1, 0.15) is 32.8 Å². The number of hydrogen-bond acceptors (Lipinski definition) is 3. The van der Waals surface area contributed by atoms with Crippen LogP contribution in [-0.2, 0) is 16.0 Å². The summed E-state index contributed by atoms with van der Waals surface area (Å²) in [5.74, 6) is -1.28. The van der Waals surface area contributed by atoms with Crippen LogP contribution in [0, 0.1) is 5.41 Å². The van der Waals surface area contributed by atoms with Gasteiger partial charge in [-0.15, -0.1) is 0 Å². The highest BCUT2D eigenvalue weighted by atomic mass is 16.4. The second-order valence-electron chi connectivity index (χ2n) is 5.95. The molecule has 1 aromatic rings. The number of carboxylic acid groups (broad SMARTS) is 1. The van der Waals surface area contributed by atoms with E-state index in [4.69, 9.17) is 10.8 Å². The molecule has 0 bridgehead atoms. The molecule has 0 aliphatic rings. The predicted molar refractivity (Wildman–Crippen MR) is 78.2 cm³/mol. The SMILES string of the molecule is CC(C)(C)C(NC(=O)CCc1ccc(N)cc1)C(=O)O. The Bertz CT molecular complexity index is 475. The maximum Gasteiger partial charge on any atom is 0.326 e. The monoisotopic (exact) mass is 278 g/mol. The van der Waals surface area contributed by atoms with E-state index >= 15 is 0 Å². The lowest BCUT2D eigenvalue weighted by Gasteiger charge is -2.27. The fourth-order valence-electron chi connectivity index (χ4n) is 1.82. The number of carbonyl (C=O) groups is 2. The van der Waals surface area contributed by atoms with Crippen molar-refractivity contribution in [1.29, 1.82) is 0 Å². The van der Waals surface area contributed by atoms with Crippen LogP contribution in [0.3, 0.4) is 0 Å². The standard InChI is InChI=1S/C15H22N2O3/c1-15(2,3)13(14(19)20)17-12(18)9-6-10-4-7-11(16)8-5-10/h4-5,7-8,13H,6,9,16H2,1-3H3,(H,17,18)(H,19,20). The minimum absolute atomic E-state index is 0.254. The molecule has 1 aromatic carbocycles. The molecule has 1 atom stereocenters. The lowest BCUT2D eigenvalue weighted by molar-refractivity contribution is -0.144. The van der Waals surface area contributed by atoms with E-state index in [1.165, 1.54) is 0 Å². The normalized spacial score (nSPS) is 12.8. The lowest BCUT2D eigenvalue weighted by Crippen LogP contribution is -2.49. The third kappa shape index (κ3) is 4.91. The summed E-state index contributed by atoms with van der Waals surface area (Å²) in [5, 5.41) is 11.7. The number of aryl methyl sites for hydroxylation is 1. The molecule has 0 radical (unpaired) electrons. The van der Waals surface area contributed by atoms with Crippen LogP contribution in [-0.4, -0.2) is 23.0 Å². The summed E-state index contributed by atoms with van der Waals surface area (Å²) < 4.78 is 0. The molecule has 1 unspecified atom stereocenters. The van der Waals surface area contributed by atoms with E-state index in [9.17, 15) is 9.59 Å². The van der Waals surface area contributed by atoms with Crippen LogP contribution in [0.25, 0.3) is 0 Å². The smallest absolute Gasteiger partial charge is 0.326 e. The van der Waals surface area contributed by atoms with E-state index in [-0.39, 0.29) is 12.3 Å². The second kappa shape index (κ2) is 6.41. The fourth-order valence-corrected chi connectivity index (χ4v) is 1.82. The van der Waals surface area contributed by atoms with Gasteiger partial charge < -0.3 is 16.2 Å². The summed E-state index contributed by atoms with van der Waals surface area (Å²) >= 11 is 0. The highest BCUT2D eigenvalue weighted by Gasteiger charge is 2.32. The summed E-state index contributed by atoms with van der Waals surface area (Å²) in [5.41, 5.74) is 6.73. The molecule has 20 heavy (non-hydrogen) atoms. The van der Waals surface area contributed by atoms with Crippen LogP contribution in [0.5, 0.6) is 0 Å². The summed E-state index contributed by atoms with van der Waals surface area (Å²) in [4.78, 5) is 23.0. The van der Waals surface area contributed by atoms with Crippen molar-refractivity contribution in [3.05, 3.63) is 29.8 Å². The van der Waals surface area contributed by atoms with Gasteiger partial charge in [-0.1, -0.05) is 32.9 Å². The molecule has 0 aliphatic carbocycles. The van der Waals surface area contributed by atoms with Crippen molar-refractivity contribution in [2.24, 2.45) is 5.41 Å². The van der Waals surface area contributed by atoms with Gasteiger partial charge in [0.05, 0.1) is 0 Å². The van der Waals surface area contributed by atoms with Gasteiger partial charge in [0.15, 0.2) is 0 Å². The minimum Gasteiger partial charge on any atom is -0.480 e. The number of carbonyl (C=O) groups excluding carboxylic acids is 1. The van der Waals surface area contributed by atoms with E-state index < -0.39 is 17.4 Å². The largest absolute Gasteiger partial charge is 0.480 e. The van der Waals surface area contributed by atoms with Crippen molar-refractivity contribution in [2.45, 2.75) is 39.7 Å². The van der Waals surface area contributed by atoms with Crippen molar-refractivity contribution < 1.29 is 14.7 Å². The van der Waals surface area contributed by atoms with Crippen molar-refractivity contribution in [3.8, 4) is 0 Å². The topological polar surface area (TPSA) is 92.4 Å². The minimum atomic E-state index is -1.02. The van der Waals surface area contributed by atoms with Crippen LogP contribution in [0.2, 0.25) is 0 Å². The van der Waals surface area contributed by atoms with E-state index in [2.05, 4.69) is 5.32 Å². The molecule has 4 N–H and O–H groups in total. The first-order chi connectivity index (χ1) is 9.20. The van der Waals surface area contributed by atoms with Gasteiger partial charge in [-0.05, 0) is 29.5 Å². The molecule has 0 spiro atoms. The Hall–Kier alpha value is -2.04. The third-order valence-electron chi connectivity index (χ3n) is 3.04. The molecule has 0 saturated carbocycles. The Kier molecular flexibility index (Phi) is 5.13. The Labute approximate surface area is 119 Å². The first kappa shape index (κ1) is 16.0. The highest BCUT2D eigenvalue weighted by Crippen LogP contribution is 2.19. The third-order valence-corrected chi connectivity index (χ3v) is 3.04. The van der Waals surface area contributed by atoms with E-state index in [0.717, 1.165) is 5.56 Å². The number of nitrogens with two attached hydrogens (primary N) is 1. The summed E-state index contributed by atoms with van der Waals surface area (Å²) in [7, 11) is 0. The molecule has 1 amide bonds. The van der Waals surface area contributed by atoms with Gasteiger partial charge in [-0.3, -0.25) is 4.79 Å². The van der Waals surface area contributed by atoms with Crippen LogP contribution >= 0.6 is 0 Å².